The summed E-state index contributed by atoms with van der Waals surface area (Å²) in [5.41, 5.74) is 0.869. The summed E-state index contributed by atoms with van der Waals surface area (Å²) in [5.74, 6) is 1.87. The molecule has 0 atom stereocenters. The highest BCUT2D eigenvalue weighted by Gasteiger charge is 2.23. The summed E-state index contributed by atoms with van der Waals surface area (Å²) in [6, 6.07) is 3.89. The Labute approximate surface area is 84.4 Å². The van der Waals surface area contributed by atoms with Crippen LogP contribution in [0.1, 0.15) is 18.4 Å². The summed E-state index contributed by atoms with van der Waals surface area (Å²) in [5, 5.41) is 8.87. The molecule has 0 spiro atoms. The molecule has 1 aliphatic rings. The Hall–Kier alpha value is -1.09. The Bertz CT molecular complexity index is 293. The van der Waals surface area contributed by atoms with E-state index in [2.05, 4.69) is 16.9 Å². The lowest BCUT2D eigenvalue weighted by Crippen LogP contribution is -2.20. The average Bonchev–Trinajstić information content (AvgIpc) is 3.02. The topological polar surface area (TPSA) is 36.4 Å². The zero-order chi connectivity index (χ0) is 9.97. The molecule has 1 N–H and O–H groups in total. The Balaban J connectivity index is 1.99. The first-order chi connectivity index (χ1) is 6.79. The number of hydrogen-bond acceptors (Lipinski definition) is 3. The van der Waals surface area contributed by atoms with Gasteiger partial charge < -0.3 is 10.0 Å². The first-order valence-corrected chi connectivity index (χ1v) is 5.06. The second-order valence-corrected chi connectivity index (χ2v) is 4.01. The molecule has 1 saturated carbocycles. The normalized spacial score (nSPS) is 15.6. The molecule has 14 heavy (non-hydrogen) atoms. The Morgan fingerprint density at radius 2 is 2.29 bits per heavy atom. The van der Waals surface area contributed by atoms with Crippen molar-refractivity contribution in [2.45, 2.75) is 19.4 Å². The molecule has 0 bridgehead atoms. The molecule has 1 fully saturated rings. The van der Waals surface area contributed by atoms with Gasteiger partial charge in [0.15, 0.2) is 0 Å². The van der Waals surface area contributed by atoms with Gasteiger partial charge in [0.05, 0.1) is 6.61 Å². The molecule has 0 saturated heterocycles. The third kappa shape index (κ3) is 2.23. The zero-order valence-electron chi connectivity index (χ0n) is 8.48. The van der Waals surface area contributed by atoms with Crippen molar-refractivity contribution >= 4 is 5.82 Å². The summed E-state index contributed by atoms with van der Waals surface area (Å²) in [6.07, 6.45) is 4.46. The highest BCUT2D eigenvalue weighted by Crippen LogP contribution is 2.30. The number of rotatable bonds is 4. The van der Waals surface area contributed by atoms with Gasteiger partial charge in [0.1, 0.15) is 5.82 Å². The molecule has 1 aliphatic carbocycles. The van der Waals surface area contributed by atoms with Crippen molar-refractivity contribution in [3.05, 3.63) is 23.9 Å². The van der Waals surface area contributed by atoms with Gasteiger partial charge in [-0.15, -0.1) is 0 Å². The number of anilines is 1. The molecule has 0 aliphatic heterocycles. The molecule has 1 heterocycles. The van der Waals surface area contributed by atoms with Crippen molar-refractivity contribution in [2.24, 2.45) is 5.92 Å². The molecular weight excluding hydrogens is 176 g/mol. The molecule has 3 heteroatoms. The molecule has 0 amide bonds. The lowest BCUT2D eigenvalue weighted by molar-refractivity contribution is 0.281. The van der Waals surface area contributed by atoms with Gasteiger partial charge in [-0.25, -0.2) is 4.98 Å². The minimum Gasteiger partial charge on any atom is -0.392 e. The second kappa shape index (κ2) is 3.96. The van der Waals surface area contributed by atoms with Gasteiger partial charge in [-0.1, -0.05) is 6.07 Å². The Kier molecular flexibility index (Phi) is 2.68. The summed E-state index contributed by atoms with van der Waals surface area (Å²) in [4.78, 5) is 6.48. The van der Waals surface area contributed by atoms with E-state index in [4.69, 9.17) is 5.11 Å². The van der Waals surface area contributed by atoms with Crippen molar-refractivity contribution in [2.75, 3.05) is 18.5 Å². The standard InChI is InChI=1S/C11H16N2O/c1-13(7-9-2-3-9)11-5-4-10(8-14)6-12-11/h4-6,9,14H,2-3,7-8H2,1H3. The van der Waals surface area contributed by atoms with Crippen LogP contribution in [0.2, 0.25) is 0 Å². The fourth-order valence-electron chi connectivity index (χ4n) is 1.52. The van der Waals surface area contributed by atoms with Gasteiger partial charge in [0.25, 0.3) is 0 Å². The Morgan fingerprint density at radius 3 is 2.79 bits per heavy atom. The van der Waals surface area contributed by atoms with Crippen LogP contribution in [0.15, 0.2) is 18.3 Å². The van der Waals surface area contributed by atoms with Crippen molar-refractivity contribution in [1.82, 2.24) is 4.98 Å². The van der Waals surface area contributed by atoms with E-state index in [0.717, 1.165) is 23.8 Å². The highest BCUT2D eigenvalue weighted by atomic mass is 16.3. The van der Waals surface area contributed by atoms with E-state index in [1.807, 2.05) is 12.1 Å². The minimum atomic E-state index is 0.0691. The minimum absolute atomic E-state index is 0.0691. The monoisotopic (exact) mass is 192 g/mol. The average molecular weight is 192 g/mol. The number of aliphatic hydroxyl groups excluding tert-OH is 1. The predicted octanol–water partition coefficient (Wildman–Crippen LogP) is 1.42. The SMILES string of the molecule is CN(CC1CC1)c1ccc(CO)cn1. The number of aliphatic hydroxyl groups is 1. The van der Waals surface area contributed by atoms with E-state index in [-0.39, 0.29) is 6.61 Å². The van der Waals surface area contributed by atoms with E-state index < -0.39 is 0 Å². The summed E-state index contributed by atoms with van der Waals surface area (Å²) >= 11 is 0. The second-order valence-electron chi connectivity index (χ2n) is 4.01. The number of nitrogens with zero attached hydrogens (tertiary/aromatic N) is 2. The van der Waals surface area contributed by atoms with Gasteiger partial charge in [-0.3, -0.25) is 0 Å². The lowest BCUT2D eigenvalue weighted by Gasteiger charge is -2.17. The Morgan fingerprint density at radius 1 is 1.50 bits per heavy atom. The third-order valence-corrected chi connectivity index (χ3v) is 2.61. The summed E-state index contributed by atoms with van der Waals surface area (Å²) < 4.78 is 0. The molecule has 0 aromatic carbocycles. The maximum absolute atomic E-state index is 8.87. The smallest absolute Gasteiger partial charge is 0.128 e. The molecule has 2 rings (SSSR count). The first-order valence-electron chi connectivity index (χ1n) is 5.06. The van der Waals surface area contributed by atoms with Crippen molar-refractivity contribution in [3.63, 3.8) is 0 Å². The van der Waals surface area contributed by atoms with Gasteiger partial charge in [0.2, 0.25) is 0 Å². The van der Waals surface area contributed by atoms with Crippen molar-refractivity contribution in [1.29, 1.82) is 0 Å². The van der Waals surface area contributed by atoms with E-state index >= 15 is 0 Å². The van der Waals surface area contributed by atoms with Crippen LogP contribution < -0.4 is 4.90 Å². The van der Waals surface area contributed by atoms with Crippen LogP contribution in [-0.2, 0) is 6.61 Å². The molecule has 1 aromatic rings. The molecular formula is C11H16N2O. The number of pyridine rings is 1. The maximum atomic E-state index is 8.87. The lowest BCUT2D eigenvalue weighted by atomic mass is 10.3. The third-order valence-electron chi connectivity index (χ3n) is 2.61. The predicted molar refractivity (Wildman–Crippen MR) is 56.2 cm³/mol. The van der Waals surface area contributed by atoms with Gasteiger partial charge in [0, 0.05) is 19.8 Å². The van der Waals surface area contributed by atoms with Gasteiger partial charge in [-0.05, 0) is 30.4 Å². The zero-order valence-corrected chi connectivity index (χ0v) is 8.48. The van der Waals surface area contributed by atoms with Crippen LogP contribution in [0, 0.1) is 5.92 Å². The van der Waals surface area contributed by atoms with E-state index in [1.54, 1.807) is 6.20 Å². The van der Waals surface area contributed by atoms with E-state index in [1.165, 1.54) is 12.8 Å². The molecule has 0 radical (unpaired) electrons. The van der Waals surface area contributed by atoms with Gasteiger partial charge >= 0.3 is 0 Å². The highest BCUT2D eigenvalue weighted by molar-refractivity contribution is 5.38. The number of aromatic nitrogens is 1. The summed E-state index contributed by atoms with van der Waals surface area (Å²) in [6.45, 7) is 1.17. The number of hydrogen-bond donors (Lipinski definition) is 1. The first kappa shape index (κ1) is 9.46. The van der Waals surface area contributed by atoms with Crippen LogP contribution in [0.3, 0.4) is 0 Å². The van der Waals surface area contributed by atoms with Crippen LogP contribution in [0.5, 0.6) is 0 Å². The molecule has 0 unspecified atom stereocenters. The fraction of sp³-hybridized carbons (Fsp3) is 0.545. The van der Waals surface area contributed by atoms with E-state index in [0.29, 0.717) is 0 Å². The van der Waals surface area contributed by atoms with Crippen molar-refractivity contribution < 1.29 is 5.11 Å². The molecule has 3 nitrogen and oxygen atoms in total. The quantitative estimate of drug-likeness (QED) is 0.783. The van der Waals surface area contributed by atoms with Crippen LogP contribution in [0.25, 0.3) is 0 Å². The van der Waals surface area contributed by atoms with Crippen LogP contribution >= 0.6 is 0 Å². The van der Waals surface area contributed by atoms with E-state index in [9.17, 15) is 0 Å². The largest absolute Gasteiger partial charge is 0.392 e. The fourth-order valence-corrected chi connectivity index (χ4v) is 1.52. The molecule has 76 valence electrons. The van der Waals surface area contributed by atoms with Crippen LogP contribution in [-0.4, -0.2) is 23.7 Å². The van der Waals surface area contributed by atoms with Crippen molar-refractivity contribution in [3.8, 4) is 0 Å². The summed E-state index contributed by atoms with van der Waals surface area (Å²) in [7, 11) is 2.07. The maximum Gasteiger partial charge on any atom is 0.128 e. The van der Waals surface area contributed by atoms with Gasteiger partial charge in [-0.2, -0.15) is 0 Å². The molecule has 1 aromatic heterocycles. The van der Waals surface area contributed by atoms with Crippen LogP contribution in [0.4, 0.5) is 5.82 Å².